The van der Waals surface area contributed by atoms with Crippen LogP contribution in [-0.4, -0.2) is 39.7 Å². The number of carboxylic acid groups (broad SMARTS) is 1. The summed E-state index contributed by atoms with van der Waals surface area (Å²) in [5, 5.41) is 18.6. The molecule has 0 aliphatic carbocycles. The van der Waals surface area contributed by atoms with E-state index in [9.17, 15) is 14.7 Å². The van der Waals surface area contributed by atoms with Crippen molar-refractivity contribution in [2.75, 3.05) is 0 Å². The van der Waals surface area contributed by atoms with Crippen molar-refractivity contribution in [3.05, 3.63) is 0 Å². The van der Waals surface area contributed by atoms with Gasteiger partial charge in [-0.05, 0) is 25.7 Å². The summed E-state index contributed by atoms with van der Waals surface area (Å²) < 4.78 is 0. The number of rotatable bonds is 9. The molecule has 0 amide bonds. The third kappa shape index (κ3) is 7.25. The van der Waals surface area contributed by atoms with E-state index >= 15 is 0 Å². The first-order chi connectivity index (χ1) is 8.56. The maximum absolute atomic E-state index is 11.8. The molecule has 0 saturated heterocycles. The lowest BCUT2D eigenvalue weighted by atomic mass is 9.84. The van der Waals surface area contributed by atoms with Crippen LogP contribution in [0.2, 0.25) is 0 Å². The normalized spacial score (nSPS) is 17.8. The van der Waals surface area contributed by atoms with Crippen LogP contribution in [0.25, 0.3) is 0 Å². The van der Waals surface area contributed by atoms with E-state index < -0.39 is 35.9 Å². The Morgan fingerprint density at radius 2 is 1.79 bits per heavy atom. The number of carboxylic acids is 1. The first kappa shape index (κ1) is 18.0. The molecule has 0 spiro atoms. The van der Waals surface area contributed by atoms with Gasteiger partial charge < -0.3 is 21.7 Å². The molecule has 19 heavy (non-hydrogen) atoms. The second-order valence-electron chi connectivity index (χ2n) is 5.84. The van der Waals surface area contributed by atoms with Crippen LogP contribution in [0, 0.1) is 5.92 Å². The summed E-state index contributed by atoms with van der Waals surface area (Å²) in [6, 6.07) is -1.07. The van der Waals surface area contributed by atoms with Crippen molar-refractivity contribution < 1.29 is 19.8 Å². The Hall–Kier alpha value is -0.980. The smallest absolute Gasteiger partial charge is 0.305 e. The fraction of sp³-hybridized carbons (Fsp3) is 0.846. The van der Waals surface area contributed by atoms with Crippen LogP contribution in [0.4, 0.5) is 0 Å². The molecule has 2 unspecified atom stereocenters. The highest BCUT2D eigenvalue weighted by molar-refractivity contribution is 5.88. The van der Waals surface area contributed by atoms with Gasteiger partial charge in [0.1, 0.15) is 0 Å². The summed E-state index contributed by atoms with van der Waals surface area (Å²) in [7, 11) is 0. The first-order valence-corrected chi connectivity index (χ1v) is 6.53. The zero-order valence-electron chi connectivity index (χ0n) is 11.9. The third-order valence-corrected chi connectivity index (χ3v) is 3.14. The van der Waals surface area contributed by atoms with Gasteiger partial charge >= 0.3 is 5.97 Å². The summed E-state index contributed by atoms with van der Waals surface area (Å²) in [6.07, 6.45) is -0.0384. The molecular weight excluding hydrogens is 248 g/mol. The molecule has 6 nitrogen and oxygen atoms in total. The summed E-state index contributed by atoms with van der Waals surface area (Å²) >= 11 is 0. The fourth-order valence-electron chi connectivity index (χ4n) is 1.75. The Morgan fingerprint density at radius 3 is 2.21 bits per heavy atom. The van der Waals surface area contributed by atoms with Crippen molar-refractivity contribution in [1.29, 1.82) is 0 Å². The highest BCUT2D eigenvalue weighted by Gasteiger charge is 2.33. The summed E-state index contributed by atoms with van der Waals surface area (Å²) in [6.45, 7) is 5.66. The molecule has 0 aliphatic heterocycles. The molecule has 0 heterocycles. The predicted octanol–water partition coefficient (Wildman–Crippen LogP) is 0.262. The number of hydrogen-bond donors (Lipinski definition) is 4. The van der Waals surface area contributed by atoms with Crippen LogP contribution in [0.1, 0.15) is 46.5 Å². The Morgan fingerprint density at radius 1 is 1.26 bits per heavy atom. The Balaban J connectivity index is 4.41. The average Bonchev–Trinajstić information content (AvgIpc) is 2.23. The van der Waals surface area contributed by atoms with Gasteiger partial charge in [-0.15, -0.1) is 0 Å². The van der Waals surface area contributed by atoms with E-state index in [4.69, 9.17) is 16.6 Å². The minimum atomic E-state index is -1.13. The molecular formula is C13H26N2O4. The Bertz CT molecular complexity index is 316. The van der Waals surface area contributed by atoms with Crippen molar-refractivity contribution in [3.8, 4) is 0 Å². The Labute approximate surface area is 114 Å². The molecule has 0 saturated carbocycles. The number of aliphatic hydroxyl groups is 1. The largest absolute Gasteiger partial charge is 0.481 e. The number of nitrogens with two attached hydrogens (primary N) is 2. The SMILES string of the molecule is CC(C)CCC(O)C(C)(N)CC(=O)[C@@H](N)CC(=O)O. The molecule has 0 aromatic rings. The summed E-state index contributed by atoms with van der Waals surface area (Å²) in [5.74, 6) is -1.12. The highest BCUT2D eigenvalue weighted by Crippen LogP contribution is 2.19. The van der Waals surface area contributed by atoms with Gasteiger partial charge in [-0.25, -0.2) is 0 Å². The number of Topliss-reactive ketones (excluding diaryl/α,β-unsaturated/α-hetero) is 1. The van der Waals surface area contributed by atoms with Gasteiger partial charge in [0.2, 0.25) is 0 Å². The molecule has 0 bridgehead atoms. The van der Waals surface area contributed by atoms with Crippen LogP contribution < -0.4 is 11.5 Å². The van der Waals surface area contributed by atoms with E-state index in [0.717, 1.165) is 6.42 Å². The van der Waals surface area contributed by atoms with Crippen LogP contribution in [0.5, 0.6) is 0 Å². The second kappa shape index (κ2) is 7.57. The number of ketones is 1. The number of aliphatic hydroxyl groups excluding tert-OH is 1. The maximum Gasteiger partial charge on any atom is 0.305 e. The molecule has 3 atom stereocenters. The van der Waals surface area contributed by atoms with Gasteiger partial charge in [-0.1, -0.05) is 13.8 Å². The molecule has 6 N–H and O–H groups in total. The summed E-state index contributed by atoms with van der Waals surface area (Å²) in [5.41, 5.74) is 10.3. The lowest BCUT2D eigenvalue weighted by Gasteiger charge is -2.31. The molecule has 0 aliphatic rings. The van der Waals surface area contributed by atoms with Crippen LogP contribution in [0.15, 0.2) is 0 Å². The first-order valence-electron chi connectivity index (χ1n) is 6.53. The van der Waals surface area contributed by atoms with E-state index in [-0.39, 0.29) is 6.42 Å². The third-order valence-electron chi connectivity index (χ3n) is 3.14. The van der Waals surface area contributed by atoms with Gasteiger partial charge in [-0.2, -0.15) is 0 Å². The topological polar surface area (TPSA) is 127 Å². The van der Waals surface area contributed by atoms with Crippen molar-refractivity contribution in [2.45, 2.75) is 64.1 Å². The minimum Gasteiger partial charge on any atom is -0.481 e. The van der Waals surface area contributed by atoms with Crippen molar-refractivity contribution in [2.24, 2.45) is 17.4 Å². The quantitative estimate of drug-likeness (QED) is 0.478. The number of aliphatic carboxylic acids is 1. The molecule has 6 heteroatoms. The van der Waals surface area contributed by atoms with E-state index in [2.05, 4.69) is 0 Å². The fourth-order valence-corrected chi connectivity index (χ4v) is 1.75. The molecule has 0 rings (SSSR count). The predicted molar refractivity (Wildman–Crippen MR) is 72.5 cm³/mol. The zero-order valence-corrected chi connectivity index (χ0v) is 11.9. The van der Waals surface area contributed by atoms with E-state index in [1.54, 1.807) is 6.92 Å². The second-order valence-corrected chi connectivity index (χ2v) is 5.84. The van der Waals surface area contributed by atoms with Crippen LogP contribution in [0.3, 0.4) is 0 Å². The van der Waals surface area contributed by atoms with Crippen molar-refractivity contribution in [1.82, 2.24) is 0 Å². The number of carbonyl (C=O) groups is 2. The molecule has 112 valence electrons. The summed E-state index contributed by atoms with van der Waals surface area (Å²) in [4.78, 5) is 22.2. The lowest BCUT2D eigenvalue weighted by Crippen LogP contribution is -2.52. The molecule has 0 radical (unpaired) electrons. The van der Waals surface area contributed by atoms with Crippen LogP contribution >= 0.6 is 0 Å². The van der Waals surface area contributed by atoms with Gasteiger partial charge in [-0.3, -0.25) is 9.59 Å². The average molecular weight is 274 g/mol. The zero-order chi connectivity index (χ0) is 15.2. The van der Waals surface area contributed by atoms with Gasteiger partial charge in [0, 0.05) is 12.0 Å². The minimum absolute atomic E-state index is 0.124. The van der Waals surface area contributed by atoms with Gasteiger partial charge in [0.15, 0.2) is 5.78 Å². The molecule has 0 fully saturated rings. The maximum atomic E-state index is 11.8. The lowest BCUT2D eigenvalue weighted by molar-refractivity contribution is -0.139. The number of hydrogen-bond acceptors (Lipinski definition) is 5. The standard InChI is InChI=1S/C13H26N2O4/c1-8(2)4-5-11(17)13(3,15)7-10(16)9(14)6-12(18)19/h8-9,11,17H,4-7,14-15H2,1-3H3,(H,18,19)/t9-,11?,13?/m0/s1. The van der Waals surface area contributed by atoms with Crippen LogP contribution in [-0.2, 0) is 9.59 Å². The Kier molecular flexibility index (Phi) is 7.18. The highest BCUT2D eigenvalue weighted by atomic mass is 16.4. The molecule has 0 aromatic carbocycles. The van der Waals surface area contributed by atoms with E-state index in [0.29, 0.717) is 12.3 Å². The monoisotopic (exact) mass is 274 g/mol. The van der Waals surface area contributed by atoms with E-state index in [1.807, 2.05) is 13.8 Å². The van der Waals surface area contributed by atoms with Crippen molar-refractivity contribution in [3.63, 3.8) is 0 Å². The van der Waals surface area contributed by atoms with E-state index in [1.165, 1.54) is 0 Å². The van der Waals surface area contributed by atoms with Gasteiger partial charge in [0.25, 0.3) is 0 Å². The van der Waals surface area contributed by atoms with Gasteiger partial charge in [0.05, 0.1) is 18.6 Å². The number of carbonyl (C=O) groups excluding carboxylic acids is 1. The molecule has 0 aromatic heterocycles. The van der Waals surface area contributed by atoms with Crippen molar-refractivity contribution >= 4 is 11.8 Å².